The molecule has 1 atom stereocenters. The first-order chi connectivity index (χ1) is 15.6. The van der Waals surface area contributed by atoms with E-state index in [9.17, 15) is 14.7 Å². The number of unbranched alkanes of at least 4 members (excludes halogenated alkanes) is 14. The van der Waals surface area contributed by atoms with Gasteiger partial charge in [0.15, 0.2) is 6.10 Å². The molecule has 0 aromatic carbocycles. The van der Waals surface area contributed by atoms with Gasteiger partial charge in [-0.05, 0) is 37.2 Å². The molecule has 7 heteroatoms. The van der Waals surface area contributed by atoms with Crippen LogP contribution in [0.4, 0.5) is 0 Å². The number of carbonyl (C=O) groups is 2. The van der Waals surface area contributed by atoms with Crippen LogP contribution in [0.1, 0.15) is 116 Å². The Bertz CT molecular complexity index is 435. The fourth-order valence-corrected chi connectivity index (χ4v) is 3.96. The third-order valence-corrected chi connectivity index (χ3v) is 6.14. The second kappa shape index (κ2) is 25.2. The van der Waals surface area contributed by atoms with Gasteiger partial charge in [-0.15, -0.1) is 0 Å². The molecule has 0 aromatic heterocycles. The van der Waals surface area contributed by atoms with Gasteiger partial charge in [0.25, 0.3) is 0 Å². The van der Waals surface area contributed by atoms with Crippen molar-refractivity contribution in [3.63, 3.8) is 0 Å². The molecular formula is C25H48O5S2. The Balaban J connectivity index is 3.61. The predicted octanol–water partition coefficient (Wildman–Crippen LogP) is 6.32. The van der Waals surface area contributed by atoms with Gasteiger partial charge in [-0.3, -0.25) is 9.59 Å². The van der Waals surface area contributed by atoms with Crippen LogP contribution in [0.2, 0.25) is 0 Å². The third kappa shape index (κ3) is 22.8. The van der Waals surface area contributed by atoms with Crippen molar-refractivity contribution in [1.82, 2.24) is 0 Å². The van der Waals surface area contributed by atoms with Crippen LogP contribution in [-0.2, 0) is 19.1 Å². The van der Waals surface area contributed by atoms with Gasteiger partial charge in [-0.2, -0.15) is 25.3 Å². The second-order valence-corrected chi connectivity index (χ2v) is 9.48. The van der Waals surface area contributed by atoms with Crippen molar-refractivity contribution >= 4 is 37.2 Å². The first-order valence-corrected chi connectivity index (χ1v) is 14.1. The van der Waals surface area contributed by atoms with Crippen LogP contribution in [0.5, 0.6) is 0 Å². The molecule has 5 nitrogen and oxygen atoms in total. The second-order valence-electron chi connectivity index (χ2n) is 8.58. The molecule has 190 valence electrons. The maximum absolute atomic E-state index is 11.9. The molecule has 0 bridgehead atoms. The van der Waals surface area contributed by atoms with Gasteiger partial charge in [0.05, 0.1) is 6.61 Å². The highest BCUT2D eigenvalue weighted by Crippen LogP contribution is 2.12. The van der Waals surface area contributed by atoms with E-state index in [1.165, 1.54) is 64.2 Å². The average Bonchev–Trinajstić information content (AvgIpc) is 2.79. The van der Waals surface area contributed by atoms with E-state index in [1.807, 2.05) is 0 Å². The Morgan fingerprint density at radius 1 is 0.594 bits per heavy atom. The third-order valence-electron chi connectivity index (χ3n) is 5.51. The van der Waals surface area contributed by atoms with Gasteiger partial charge in [-0.1, -0.05) is 77.0 Å². The maximum atomic E-state index is 11.9. The summed E-state index contributed by atoms with van der Waals surface area (Å²) in [5.41, 5.74) is 0. The van der Waals surface area contributed by atoms with E-state index >= 15 is 0 Å². The van der Waals surface area contributed by atoms with E-state index in [-0.39, 0.29) is 25.2 Å². The molecule has 0 saturated heterocycles. The highest BCUT2D eigenvalue weighted by molar-refractivity contribution is 7.80. The number of esters is 2. The van der Waals surface area contributed by atoms with Crippen molar-refractivity contribution in [3.8, 4) is 0 Å². The van der Waals surface area contributed by atoms with Gasteiger partial charge in [-0.25, -0.2) is 0 Å². The minimum absolute atomic E-state index is 0.0709. The molecule has 0 heterocycles. The molecule has 0 aliphatic carbocycles. The summed E-state index contributed by atoms with van der Waals surface area (Å²) in [5, 5.41) is 9.39. The summed E-state index contributed by atoms with van der Waals surface area (Å²) in [6, 6.07) is 0. The zero-order valence-corrected chi connectivity index (χ0v) is 21.9. The van der Waals surface area contributed by atoms with Crippen molar-refractivity contribution in [3.05, 3.63) is 0 Å². The smallest absolute Gasteiger partial charge is 0.306 e. The summed E-state index contributed by atoms with van der Waals surface area (Å²) in [5.74, 6) is 1.31. The molecule has 0 rings (SSSR count). The fraction of sp³-hybridized carbons (Fsp3) is 0.920. The number of aliphatic hydroxyl groups is 1. The van der Waals surface area contributed by atoms with Crippen LogP contribution in [0.15, 0.2) is 0 Å². The molecule has 0 aromatic rings. The molecule has 1 N–H and O–H groups in total. The van der Waals surface area contributed by atoms with Gasteiger partial charge in [0, 0.05) is 12.8 Å². The van der Waals surface area contributed by atoms with Crippen LogP contribution < -0.4 is 0 Å². The number of ether oxygens (including phenoxy) is 2. The minimum Gasteiger partial charge on any atom is -0.462 e. The van der Waals surface area contributed by atoms with Gasteiger partial charge in [0.1, 0.15) is 6.61 Å². The van der Waals surface area contributed by atoms with Crippen molar-refractivity contribution in [2.75, 3.05) is 24.7 Å². The Kier molecular flexibility index (Phi) is 24.9. The van der Waals surface area contributed by atoms with E-state index in [0.29, 0.717) is 12.8 Å². The van der Waals surface area contributed by atoms with E-state index in [2.05, 4.69) is 25.3 Å². The van der Waals surface area contributed by atoms with E-state index < -0.39 is 6.10 Å². The minimum atomic E-state index is -0.768. The van der Waals surface area contributed by atoms with E-state index in [1.54, 1.807) is 0 Å². The fourth-order valence-electron chi connectivity index (χ4n) is 3.51. The number of aliphatic hydroxyl groups excluding tert-OH is 1. The quantitative estimate of drug-likeness (QED) is 0.0836. The summed E-state index contributed by atoms with van der Waals surface area (Å²) < 4.78 is 10.4. The van der Waals surface area contributed by atoms with Crippen molar-refractivity contribution in [2.24, 2.45) is 0 Å². The summed E-state index contributed by atoms with van der Waals surface area (Å²) in [4.78, 5) is 23.8. The summed E-state index contributed by atoms with van der Waals surface area (Å²) in [6.07, 6.45) is 18.2. The number of hydrogen-bond donors (Lipinski definition) is 3. The first kappa shape index (κ1) is 31.6. The molecule has 0 aliphatic heterocycles. The normalized spacial score (nSPS) is 12.0. The molecule has 0 aliphatic rings. The maximum Gasteiger partial charge on any atom is 0.306 e. The monoisotopic (exact) mass is 492 g/mol. The zero-order chi connectivity index (χ0) is 23.7. The molecule has 32 heavy (non-hydrogen) atoms. The van der Waals surface area contributed by atoms with Crippen LogP contribution in [0.3, 0.4) is 0 Å². The average molecular weight is 493 g/mol. The lowest BCUT2D eigenvalue weighted by atomic mass is 10.1. The van der Waals surface area contributed by atoms with Gasteiger partial charge in [0.2, 0.25) is 0 Å². The Hall–Kier alpha value is -0.400. The lowest BCUT2D eigenvalue weighted by Crippen LogP contribution is -2.28. The SMILES string of the molecule is O=C(CCCCCCCCCCS)OCC(CO)OC(=O)CCCCCCCCCCS. The zero-order valence-electron chi connectivity index (χ0n) is 20.1. The molecule has 0 saturated carbocycles. The van der Waals surface area contributed by atoms with Crippen LogP contribution in [-0.4, -0.2) is 47.9 Å². The predicted molar refractivity (Wildman–Crippen MR) is 139 cm³/mol. The number of hydrogen-bond acceptors (Lipinski definition) is 7. The lowest BCUT2D eigenvalue weighted by molar-refractivity contribution is -0.161. The number of rotatable bonds is 24. The van der Waals surface area contributed by atoms with Crippen LogP contribution in [0.25, 0.3) is 0 Å². The summed E-state index contributed by atoms with van der Waals surface area (Å²) in [7, 11) is 0. The topological polar surface area (TPSA) is 72.8 Å². The highest BCUT2D eigenvalue weighted by atomic mass is 32.1. The Morgan fingerprint density at radius 3 is 1.38 bits per heavy atom. The van der Waals surface area contributed by atoms with Crippen molar-refractivity contribution < 1.29 is 24.2 Å². The number of thiol groups is 2. The lowest BCUT2D eigenvalue weighted by Gasteiger charge is -2.15. The molecule has 0 spiro atoms. The summed E-state index contributed by atoms with van der Waals surface area (Å²) >= 11 is 8.43. The Morgan fingerprint density at radius 2 is 0.969 bits per heavy atom. The molecule has 0 amide bonds. The van der Waals surface area contributed by atoms with Crippen molar-refractivity contribution in [2.45, 2.75) is 122 Å². The largest absolute Gasteiger partial charge is 0.462 e. The number of carbonyl (C=O) groups excluding carboxylic acids is 2. The molecular weight excluding hydrogens is 444 g/mol. The van der Waals surface area contributed by atoms with Gasteiger partial charge < -0.3 is 14.6 Å². The standard InChI is InChI=1S/C25H48O5S2/c26-21-23(30-25(28)18-14-10-6-2-4-8-12-16-20-32)22-29-24(27)17-13-9-5-1-3-7-11-15-19-31/h23,26,31-32H,1-22H2. The van der Waals surface area contributed by atoms with Crippen LogP contribution in [0, 0.1) is 0 Å². The Labute approximate surface area is 207 Å². The van der Waals surface area contributed by atoms with Crippen molar-refractivity contribution in [1.29, 1.82) is 0 Å². The van der Waals surface area contributed by atoms with Crippen LogP contribution >= 0.6 is 25.3 Å². The molecule has 1 unspecified atom stereocenters. The highest BCUT2D eigenvalue weighted by Gasteiger charge is 2.16. The molecule has 0 radical (unpaired) electrons. The van der Waals surface area contributed by atoms with E-state index in [0.717, 1.165) is 50.0 Å². The first-order valence-electron chi connectivity index (χ1n) is 12.8. The van der Waals surface area contributed by atoms with Gasteiger partial charge >= 0.3 is 11.9 Å². The van der Waals surface area contributed by atoms with E-state index in [4.69, 9.17) is 9.47 Å². The summed E-state index contributed by atoms with van der Waals surface area (Å²) in [6.45, 7) is -0.406. The molecule has 0 fully saturated rings.